The van der Waals surface area contributed by atoms with Gasteiger partial charge in [-0.25, -0.2) is 4.98 Å². The second-order valence-electron chi connectivity index (χ2n) is 5.36. The summed E-state index contributed by atoms with van der Waals surface area (Å²) in [6.45, 7) is 1.95. The molecule has 6 nitrogen and oxygen atoms in total. The van der Waals surface area contributed by atoms with Gasteiger partial charge in [0.2, 0.25) is 11.8 Å². The van der Waals surface area contributed by atoms with E-state index in [1.54, 1.807) is 12.1 Å². The van der Waals surface area contributed by atoms with E-state index in [0.717, 1.165) is 0 Å². The average molecular weight is 398 g/mol. The van der Waals surface area contributed by atoms with Gasteiger partial charge in [-0.1, -0.05) is 11.6 Å². The number of pyridine rings is 1. The zero-order valence-electron chi connectivity index (χ0n) is 13.5. The molecule has 0 saturated carbocycles. The van der Waals surface area contributed by atoms with E-state index in [0.29, 0.717) is 49.7 Å². The molecule has 0 radical (unpaired) electrons. The Morgan fingerprint density at radius 1 is 1.29 bits per heavy atom. The van der Waals surface area contributed by atoms with Crippen LogP contribution in [0.3, 0.4) is 0 Å². The van der Waals surface area contributed by atoms with Crippen molar-refractivity contribution in [3.8, 4) is 0 Å². The molecule has 24 heavy (non-hydrogen) atoms. The summed E-state index contributed by atoms with van der Waals surface area (Å²) in [4.78, 5) is 30.0. The number of aromatic nitrogens is 1. The van der Waals surface area contributed by atoms with Crippen LogP contribution in [-0.4, -0.2) is 48.4 Å². The van der Waals surface area contributed by atoms with Crippen LogP contribution in [0.15, 0.2) is 18.3 Å². The molecular formula is C15H23Cl3N4O2. The summed E-state index contributed by atoms with van der Waals surface area (Å²) >= 11 is 5.76. The first-order valence-electron chi connectivity index (χ1n) is 7.45. The van der Waals surface area contributed by atoms with Crippen molar-refractivity contribution < 1.29 is 9.59 Å². The molecule has 2 amide bonds. The molecule has 0 aliphatic carbocycles. The van der Waals surface area contributed by atoms with Crippen LogP contribution in [0.4, 0.5) is 5.82 Å². The van der Waals surface area contributed by atoms with E-state index in [-0.39, 0.29) is 42.5 Å². The van der Waals surface area contributed by atoms with Crippen molar-refractivity contribution >= 4 is 54.0 Å². The van der Waals surface area contributed by atoms with Crippen molar-refractivity contribution in [3.05, 3.63) is 23.4 Å². The third-order valence-electron chi connectivity index (χ3n) is 3.79. The summed E-state index contributed by atoms with van der Waals surface area (Å²) < 4.78 is 0. The van der Waals surface area contributed by atoms with Gasteiger partial charge in [0.05, 0.1) is 5.02 Å². The second kappa shape index (κ2) is 11.5. The third kappa shape index (κ3) is 6.81. The Bertz CT molecular complexity index is 520. The summed E-state index contributed by atoms with van der Waals surface area (Å²) in [5, 5.41) is 6.30. The molecule has 2 N–H and O–H groups in total. The standard InChI is InChI=1S/C15H21ClN4O2.2ClH/c1-17-7-4-14(21)20-8-5-11(6-9-20)15(22)19-13-3-2-12(16)10-18-13;;/h2-3,10-11,17H,4-9H2,1H3,(H,18,19,22);2*1H. The minimum atomic E-state index is -0.0779. The minimum Gasteiger partial charge on any atom is -0.343 e. The highest BCUT2D eigenvalue weighted by Gasteiger charge is 2.27. The van der Waals surface area contributed by atoms with Crippen LogP contribution in [-0.2, 0) is 9.59 Å². The van der Waals surface area contributed by atoms with Gasteiger partial charge >= 0.3 is 0 Å². The van der Waals surface area contributed by atoms with Crippen LogP contribution in [0.25, 0.3) is 0 Å². The number of hydrogen-bond acceptors (Lipinski definition) is 4. The van der Waals surface area contributed by atoms with E-state index in [1.165, 1.54) is 6.20 Å². The number of likely N-dealkylation sites (tertiary alicyclic amines) is 1. The molecule has 0 atom stereocenters. The predicted octanol–water partition coefficient (Wildman–Crippen LogP) is 2.37. The van der Waals surface area contributed by atoms with E-state index in [4.69, 9.17) is 11.6 Å². The Labute approximate surface area is 159 Å². The number of amides is 2. The molecule has 0 bridgehead atoms. The lowest BCUT2D eigenvalue weighted by atomic mass is 9.95. The maximum Gasteiger partial charge on any atom is 0.228 e. The first-order valence-corrected chi connectivity index (χ1v) is 7.82. The highest BCUT2D eigenvalue weighted by molar-refractivity contribution is 6.30. The van der Waals surface area contributed by atoms with Gasteiger partial charge in [-0.2, -0.15) is 0 Å². The number of nitrogens with one attached hydrogen (secondary N) is 2. The molecule has 1 aliphatic heterocycles. The van der Waals surface area contributed by atoms with Crippen LogP contribution in [0.2, 0.25) is 5.02 Å². The Morgan fingerprint density at radius 2 is 1.96 bits per heavy atom. The number of nitrogens with zero attached hydrogens (tertiary/aromatic N) is 2. The van der Waals surface area contributed by atoms with Gasteiger partial charge in [0.1, 0.15) is 5.82 Å². The third-order valence-corrected chi connectivity index (χ3v) is 4.01. The minimum absolute atomic E-state index is 0. The first kappa shape index (κ1) is 22.9. The lowest BCUT2D eigenvalue weighted by Crippen LogP contribution is -2.42. The summed E-state index contributed by atoms with van der Waals surface area (Å²) in [5.74, 6) is 0.525. The summed E-state index contributed by atoms with van der Waals surface area (Å²) in [6, 6.07) is 3.36. The summed E-state index contributed by atoms with van der Waals surface area (Å²) in [6.07, 6.45) is 3.37. The fourth-order valence-electron chi connectivity index (χ4n) is 2.46. The molecule has 0 unspecified atom stereocenters. The van der Waals surface area contributed by atoms with Crippen LogP contribution in [0, 0.1) is 5.92 Å². The van der Waals surface area contributed by atoms with Crippen LogP contribution in [0.5, 0.6) is 0 Å². The zero-order valence-corrected chi connectivity index (χ0v) is 15.8. The van der Waals surface area contributed by atoms with Crippen LogP contribution >= 0.6 is 36.4 Å². The van der Waals surface area contributed by atoms with Crippen molar-refractivity contribution in [3.63, 3.8) is 0 Å². The molecule has 0 spiro atoms. The molecule has 1 saturated heterocycles. The Hall–Kier alpha value is -1.08. The summed E-state index contributed by atoms with van der Waals surface area (Å²) in [7, 11) is 1.83. The first-order chi connectivity index (χ1) is 10.6. The smallest absolute Gasteiger partial charge is 0.228 e. The quantitative estimate of drug-likeness (QED) is 0.800. The number of carbonyl (C=O) groups excluding carboxylic acids is 2. The number of halogens is 3. The topological polar surface area (TPSA) is 74.3 Å². The predicted molar refractivity (Wildman–Crippen MR) is 100 cm³/mol. The monoisotopic (exact) mass is 396 g/mol. The van der Waals surface area contributed by atoms with E-state index < -0.39 is 0 Å². The van der Waals surface area contributed by atoms with Crippen molar-refractivity contribution in [2.24, 2.45) is 5.92 Å². The largest absolute Gasteiger partial charge is 0.343 e. The molecule has 2 rings (SSSR count). The van der Waals surface area contributed by atoms with Crippen molar-refractivity contribution in [1.29, 1.82) is 0 Å². The number of anilines is 1. The van der Waals surface area contributed by atoms with Gasteiger partial charge in [0.15, 0.2) is 0 Å². The normalized spacial score (nSPS) is 14.3. The van der Waals surface area contributed by atoms with E-state index >= 15 is 0 Å². The fourth-order valence-corrected chi connectivity index (χ4v) is 2.57. The highest BCUT2D eigenvalue weighted by atomic mass is 35.5. The van der Waals surface area contributed by atoms with Crippen molar-refractivity contribution in [1.82, 2.24) is 15.2 Å². The van der Waals surface area contributed by atoms with Crippen molar-refractivity contribution in [2.75, 3.05) is 32.0 Å². The zero-order chi connectivity index (χ0) is 15.9. The van der Waals surface area contributed by atoms with E-state index in [1.807, 2.05) is 11.9 Å². The molecule has 0 aromatic carbocycles. The van der Waals surface area contributed by atoms with Crippen molar-refractivity contribution in [2.45, 2.75) is 19.3 Å². The molecule has 1 aromatic rings. The SMILES string of the molecule is CNCCC(=O)N1CCC(C(=O)Nc2ccc(Cl)cn2)CC1.Cl.Cl. The lowest BCUT2D eigenvalue weighted by Gasteiger charge is -2.31. The average Bonchev–Trinajstić information content (AvgIpc) is 2.55. The molecule has 1 aromatic heterocycles. The fraction of sp³-hybridized carbons (Fsp3) is 0.533. The number of hydrogen-bond donors (Lipinski definition) is 2. The van der Waals surface area contributed by atoms with Gasteiger partial charge in [-0.15, -0.1) is 24.8 Å². The van der Waals surface area contributed by atoms with Crippen LogP contribution in [0.1, 0.15) is 19.3 Å². The van der Waals surface area contributed by atoms with Gasteiger partial charge < -0.3 is 15.5 Å². The summed E-state index contributed by atoms with van der Waals surface area (Å²) in [5.41, 5.74) is 0. The van der Waals surface area contributed by atoms with Gasteiger partial charge in [-0.05, 0) is 32.0 Å². The molecular weight excluding hydrogens is 375 g/mol. The molecule has 1 aliphatic rings. The number of carbonyl (C=O) groups is 2. The Morgan fingerprint density at radius 3 is 2.50 bits per heavy atom. The molecule has 1 fully saturated rings. The lowest BCUT2D eigenvalue weighted by molar-refractivity contribution is -0.134. The Balaban J connectivity index is 0.00000264. The van der Waals surface area contributed by atoms with Gasteiger partial charge in [0, 0.05) is 38.2 Å². The van der Waals surface area contributed by atoms with E-state index in [9.17, 15) is 9.59 Å². The number of piperidine rings is 1. The highest BCUT2D eigenvalue weighted by Crippen LogP contribution is 2.20. The van der Waals surface area contributed by atoms with Crippen LogP contribution < -0.4 is 10.6 Å². The maximum absolute atomic E-state index is 12.2. The van der Waals surface area contributed by atoms with Gasteiger partial charge in [-0.3, -0.25) is 9.59 Å². The molecule has 9 heteroatoms. The molecule has 2 heterocycles. The van der Waals surface area contributed by atoms with Gasteiger partial charge in [0.25, 0.3) is 0 Å². The maximum atomic E-state index is 12.2. The number of rotatable bonds is 5. The van der Waals surface area contributed by atoms with E-state index in [2.05, 4.69) is 15.6 Å². The molecule has 136 valence electrons. The Kier molecular flexibility index (Phi) is 11.0. The second-order valence-corrected chi connectivity index (χ2v) is 5.80.